The minimum absolute atomic E-state index is 0.116. The van der Waals surface area contributed by atoms with Crippen molar-refractivity contribution in [3.63, 3.8) is 0 Å². The topological polar surface area (TPSA) is 145 Å². The highest BCUT2D eigenvalue weighted by Gasteiger charge is 2.37. The Morgan fingerprint density at radius 1 is 1.11 bits per heavy atom. The van der Waals surface area contributed by atoms with Gasteiger partial charge in [0.25, 0.3) is 0 Å². The van der Waals surface area contributed by atoms with Gasteiger partial charge in [-0.15, -0.1) is 0 Å². The number of halogens is 4. The highest BCUT2D eigenvalue weighted by molar-refractivity contribution is 6.34. The molecule has 1 aliphatic heterocycles. The molecule has 1 aromatic heterocycles. The van der Waals surface area contributed by atoms with Crippen LogP contribution in [-0.2, 0) is 0 Å². The van der Waals surface area contributed by atoms with E-state index in [0.717, 1.165) is 43.6 Å². The minimum atomic E-state index is -4.83. The number of nitrogens with one attached hydrogen (secondary N) is 4. The van der Waals surface area contributed by atoms with Gasteiger partial charge in [-0.2, -0.15) is 13.2 Å². The first-order chi connectivity index (χ1) is 21.6. The molecule has 6 N–H and O–H groups in total. The summed E-state index contributed by atoms with van der Waals surface area (Å²) in [5, 5.41) is 22.6. The van der Waals surface area contributed by atoms with E-state index in [1.165, 1.54) is 49.8 Å². The average Bonchev–Trinajstić information content (AvgIpc) is 3.04. The first kappa shape index (κ1) is 31.5. The number of ether oxygens (including phenoxy) is 2. The second-order valence-electron chi connectivity index (χ2n) is 10.1. The zero-order chi connectivity index (χ0) is 32.1. The Labute approximate surface area is 262 Å². The molecule has 0 unspecified atom stereocenters. The molecule has 0 aliphatic carbocycles. The van der Waals surface area contributed by atoms with E-state index in [1.807, 2.05) is 0 Å². The molecule has 3 aromatic carbocycles. The van der Waals surface area contributed by atoms with Crippen molar-refractivity contribution in [2.45, 2.75) is 6.18 Å². The molecule has 1 fully saturated rings. The summed E-state index contributed by atoms with van der Waals surface area (Å²) < 4.78 is 53.7. The van der Waals surface area contributed by atoms with Crippen LogP contribution >= 0.6 is 11.6 Å². The molecule has 0 saturated carbocycles. The minimum Gasteiger partial charge on any atom is -0.497 e. The molecule has 5 rings (SSSR count). The van der Waals surface area contributed by atoms with Gasteiger partial charge < -0.3 is 41.6 Å². The van der Waals surface area contributed by atoms with Crippen LogP contribution in [0.4, 0.5) is 30.4 Å². The van der Waals surface area contributed by atoms with Gasteiger partial charge in [-0.3, -0.25) is 0 Å². The van der Waals surface area contributed by atoms with Crippen LogP contribution in [-0.4, -0.2) is 68.5 Å². The third-order valence-corrected chi connectivity index (χ3v) is 7.61. The summed E-state index contributed by atoms with van der Waals surface area (Å²) >= 11 is 6.84. The first-order valence-electron chi connectivity index (χ1n) is 13.8. The number of benzene rings is 3. The number of hydrogen-bond acceptors (Lipinski definition) is 10. The van der Waals surface area contributed by atoms with E-state index in [-0.39, 0.29) is 27.7 Å². The normalized spacial score (nSPS) is 14.1. The fourth-order valence-corrected chi connectivity index (χ4v) is 5.30. The largest absolute Gasteiger partial charge is 0.497 e. The third-order valence-electron chi connectivity index (χ3n) is 7.30. The fourth-order valence-electron chi connectivity index (χ4n) is 5.05. The standard InChI is InChI=1S/C31H30ClF3N8O2/c1-44-20-4-2-19(3-5-20)42-29(31(33,34)35)18(14-36)16-45-27-7-6-25(38)23(15-37)28(27)21-13-26-22(12-24(21)32)30(41-17-40-26)43-10-8-39-9-11-43/h2-7,12-15,17,36-37,39,42H,8-11,16,38H2,1H3/b29-18+,36-14?,37-15?. The van der Waals surface area contributed by atoms with Crippen LogP contribution < -0.4 is 30.7 Å². The molecule has 14 heteroatoms. The zero-order valence-electron chi connectivity index (χ0n) is 24.1. The number of piperazine rings is 1. The Balaban J connectivity index is 1.55. The monoisotopic (exact) mass is 638 g/mol. The molecule has 2 heterocycles. The Bertz CT molecular complexity index is 1760. The molecule has 1 saturated heterocycles. The Hall–Kier alpha value is -4.88. The lowest BCUT2D eigenvalue weighted by Crippen LogP contribution is -2.44. The highest BCUT2D eigenvalue weighted by atomic mass is 35.5. The quantitative estimate of drug-likeness (QED) is 0.107. The number of hydrogen-bond donors (Lipinski definition) is 5. The van der Waals surface area contributed by atoms with Crippen molar-refractivity contribution in [2.24, 2.45) is 0 Å². The number of anilines is 3. The van der Waals surface area contributed by atoms with E-state index in [1.54, 1.807) is 12.1 Å². The van der Waals surface area contributed by atoms with Crippen LogP contribution in [0.5, 0.6) is 11.5 Å². The molecule has 45 heavy (non-hydrogen) atoms. The van der Waals surface area contributed by atoms with Gasteiger partial charge in [-0.25, -0.2) is 9.97 Å². The van der Waals surface area contributed by atoms with E-state index in [4.69, 9.17) is 37.6 Å². The van der Waals surface area contributed by atoms with Gasteiger partial charge in [-0.1, -0.05) is 11.6 Å². The molecule has 234 valence electrons. The number of fused-ring (bicyclic) bond motifs is 1. The van der Waals surface area contributed by atoms with Gasteiger partial charge in [0, 0.05) is 82.7 Å². The molecule has 0 spiro atoms. The van der Waals surface area contributed by atoms with Crippen molar-refractivity contribution in [1.29, 1.82) is 10.8 Å². The number of aromatic nitrogens is 2. The lowest BCUT2D eigenvalue weighted by atomic mass is 9.96. The molecule has 10 nitrogen and oxygen atoms in total. The van der Waals surface area contributed by atoms with Crippen LogP contribution in [0.25, 0.3) is 22.0 Å². The number of methoxy groups -OCH3 is 1. The lowest BCUT2D eigenvalue weighted by molar-refractivity contribution is -0.0910. The number of allylic oxidation sites excluding steroid dienone is 1. The van der Waals surface area contributed by atoms with E-state index in [9.17, 15) is 13.2 Å². The molecule has 0 bridgehead atoms. The summed E-state index contributed by atoms with van der Waals surface area (Å²) in [6.45, 7) is 2.50. The maximum Gasteiger partial charge on any atom is 0.431 e. The third kappa shape index (κ3) is 6.79. The molecule has 4 aromatic rings. The number of nitrogens with two attached hydrogens (primary N) is 1. The van der Waals surface area contributed by atoms with Crippen LogP contribution in [0.15, 0.2) is 66.1 Å². The smallest absolute Gasteiger partial charge is 0.431 e. The molecular weight excluding hydrogens is 609 g/mol. The zero-order valence-corrected chi connectivity index (χ0v) is 24.9. The summed E-state index contributed by atoms with van der Waals surface area (Å²) in [4.78, 5) is 11.1. The number of rotatable bonds is 10. The summed E-state index contributed by atoms with van der Waals surface area (Å²) in [6.07, 6.45) is -1.75. The number of nitrogen functional groups attached to an aromatic ring is 1. The van der Waals surface area contributed by atoms with Crippen molar-refractivity contribution >= 4 is 52.1 Å². The summed E-state index contributed by atoms with van der Waals surface area (Å²) in [7, 11) is 1.45. The fraction of sp³-hybridized carbons (Fsp3) is 0.226. The SMILES string of the molecule is COc1ccc(N/C(=C(\C=N)COc2ccc(N)c(C=N)c2-c2cc3ncnc(N4CCNCC4)c3cc2Cl)C(F)(F)F)cc1. The summed E-state index contributed by atoms with van der Waals surface area (Å²) in [5.74, 6) is 1.33. The number of nitrogens with zero attached hydrogens (tertiary/aromatic N) is 3. The van der Waals surface area contributed by atoms with Crippen molar-refractivity contribution < 1.29 is 22.6 Å². The van der Waals surface area contributed by atoms with Gasteiger partial charge in [-0.05, 0) is 48.5 Å². The lowest BCUT2D eigenvalue weighted by Gasteiger charge is -2.29. The molecular formula is C31H30ClF3N8O2. The van der Waals surface area contributed by atoms with Crippen molar-refractivity contribution in [2.75, 3.05) is 55.8 Å². The van der Waals surface area contributed by atoms with Gasteiger partial charge in [0.15, 0.2) is 0 Å². The second-order valence-corrected chi connectivity index (χ2v) is 10.5. The first-order valence-corrected chi connectivity index (χ1v) is 14.2. The molecule has 0 radical (unpaired) electrons. The highest BCUT2D eigenvalue weighted by Crippen LogP contribution is 2.42. The molecule has 0 atom stereocenters. The van der Waals surface area contributed by atoms with Crippen molar-refractivity contribution in [3.8, 4) is 22.6 Å². The van der Waals surface area contributed by atoms with E-state index >= 15 is 0 Å². The molecule has 1 aliphatic rings. The predicted molar refractivity (Wildman–Crippen MR) is 171 cm³/mol. The van der Waals surface area contributed by atoms with Crippen LogP contribution in [0.2, 0.25) is 5.02 Å². The van der Waals surface area contributed by atoms with E-state index < -0.39 is 24.1 Å². The second kappa shape index (κ2) is 13.4. The summed E-state index contributed by atoms with van der Waals surface area (Å²) in [5.41, 5.74) is 6.54. The van der Waals surface area contributed by atoms with Crippen molar-refractivity contribution in [1.82, 2.24) is 15.3 Å². The van der Waals surface area contributed by atoms with Crippen molar-refractivity contribution in [3.05, 3.63) is 76.7 Å². The Kier molecular flexibility index (Phi) is 9.40. The van der Waals surface area contributed by atoms with Gasteiger partial charge >= 0.3 is 6.18 Å². The van der Waals surface area contributed by atoms with Crippen LogP contribution in [0.1, 0.15) is 5.56 Å². The van der Waals surface area contributed by atoms with Gasteiger partial charge in [0.1, 0.15) is 35.9 Å². The van der Waals surface area contributed by atoms with Gasteiger partial charge in [0.05, 0.1) is 12.6 Å². The molecule has 0 amide bonds. The maximum absolute atomic E-state index is 14.2. The maximum atomic E-state index is 14.2. The number of alkyl halides is 3. The Morgan fingerprint density at radius 2 is 1.84 bits per heavy atom. The Morgan fingerprint density at radius 3 is 2.49 bits per heavy atom. The van der Waals surface area contributed by atoms with Crippen LogP contribution in [0, 0.1) is 10.8 Å². The average molecular weight is 639 g/mol. The van der Waals surface area contributed by atoms with E-state index in [2.05, 4.69) is 25.5 Å². The van der Waals surface area contributed by atoms with E-state index in [0.29, 0.717) is 28.6 Å². The van der Waals surface area contributed by atoms with Crippen LogP contribution in [0.3, 0.4) is 0 Å². The van der Waals surface area contributed by atoms with Gasteiger partial charge in [0.2, 0.25) is 0 Å². The summed E-state index contributed by atoms with van der Waals surface area (Å²) in [6, 6.07) is 12.3. The predicted octanol–water partition coefficient (Wildman–Crippen LogP) is 5.91.